The zero-order valence-electron chi connectivity index (χ0n) is 57.1. The van der Waals surface area contributed by atoms with Gasteiger partial charge >= 0.3 is 0 Å². The maximum absolute atomic E-state index is 8.63. The molecule has 2 aliphatic rings. The van der Waals surface area contributed by atoms with Gasteiger partial charge in [-0.25, -0.2) is 0 Å². The van der Waals surface area contributed by atoms with Crippen LogP contribution in [-0.2, 0) is 0 Å². The summed E-state index contributed by atoms with van der Waals surface area (Å²) >= 11 is 0. The van der Waals surface area contributed by atoms with Gasteiger partial charge in [-0.1, -0.05) is 290 Å². The molecule has 0 aliphatic heterocycles. The number of nitriles is 12. The summed E-state index contributed by atoms with van der Waals surface area (Å²) in [6, 6.07) is 114. The lowest BCUT2D eigenvalue weighted by molar-refractivity contribution is 1.46. The molecular weight excluding hydrogens is 1320 g/mol. The van der Waals surface area contributed by atoms with Crippen LogP contribution in [-0.4, -0.2) is 0 Å². The maximum atomic E-state index is 8.63. The molecule has 0 bridgehead atoms. The van der Waals surface area contributed by atoms with Gasteiger partial charge in [0.1, 0.15) is 106 Å². The Hall–Kier alpha value is -17.8. The monoisotopic (exact) mass is 1370 g/mol. The highest BCUT2D eigenvalue weighted by Gasteiger charge is 2.26. The molecule has 0 atom stereocenters. The van der Waals surface area contributed by atoms with Crippen molar-refractivity contribution in [1.29, 1.82) is 63.1 Å². The van der Waals surface area contributed by atoms with E-state index in [0.29, 0.717) is 31.3 Å². The molecule has 11 aromatic rings. The van der Waals surface area contributed by atoms with Crippen LogP contribution in [0.4, 0.5) is 0 Å². The molecule has 12 heteroatoms. The molecular formula is C96H48N12. The van der Waals surface area contributed by atoms with Crippen LogP contribution in [0.25, 0.3) is 66.8 Å². The standard InChI is InChI=1S/2C30H18.3C12H4N4/c2*1-3-11-23(12-4-1)19-21-25(22-20-24-13-5-2-6-14-24)30-28-17-9-7-15-26(28)27-16-8-10-18-29(27)30;3*13-5-11(6-14)9-1-2-10(4-3-9)12(7-15)8-16/h2*1-18H;3*1-4H. The first-order chi connectivity index (χ1) is 53.1. The average molecular weight is 1370 g/mol. The molecule has 12 nitrogen and oxygen atoms in total. The van der Waals surface area contributed by atoms with Crippen LogP contribution < -0.4 is 31.3 Å². The number of benzene rings is 11. The van der Waals surface area contributed by atoms with Crippen molar-refractivity contribution >= 4 is 44.6 Å². The van der Waals surface area contributed by atoms with Gasteiger partial charge in [0.2, 0.25) is 0 Å². The molecule has 2 aliphatic carbocycles. The normalized spacial score (nSPS) is 9.41. The molecule has 0 spiro atoms. The van der Waals surface area contributed by atoms with Crippen LogP contribution in [0.1, 0.15) is 44.5 Å². The Bertz CT molecular complexity index is 5620. The number of fused-ring (bicyclic) bond motifs is 6. The third-order valence-electron chi connectivity index (χ3n) is 16.0. The molecule has 0 saturated heterocycles. The molecule has 0 fully saturated rings. The number of allylic oxidation sites excluding steroid dienone is 2. The summed E-state index contributed by atoms with van der Waals surface area (Å²) in [6.45, 7) is 0. The van der Waals surface area contributed by atoms with Crippen molar-refractivity contribution in [1.82, 2.24) is 0 Å². The van der Waals surface area contributed by atoms with Gasteiger partial charge in [-0.15, -0.1) is 0 Å². The van der Waals surface area contributed by atoms with Crippen molar-refractivity contribution in [3.05, 3.63) is 378 Å². The van der Waals surface area contributed by atoms with Crippen LogP contribution in [0, 0.1) is 183 Å². The fraction of sp³-hybridized carbons (Fsp3) is 0. The predicted octanol–water partition coefficient (Wildman–Crippen LogP) is 13.4. The van der Waals surface area contributed by atoms with Gasteiger partial charge in [-0.05, 0) is 93.0 Å². The van der Waals surface area contributed by atoms with E-state index in [1.165, 1.54) is 117 Å². The van der Waals surface area contributed by atoms with Gasteiger partial charge < -0.3 is 0 Å². The fourth-order valence-corrected chi connectivity index (χ4v) is 10.8. The van der Waals surface area contributed by atoms with Crippen LogP contribution in [0.2, 0.25) is 0 Å². The number of nitrogens with zero attached hydrogens (tertiary/aromatic N) is 12. The van der Waals surface area contributed by atoms with Crippen LogP contribution in [0.15, 0.2) is 302 Å². The highest BCUT2D eigenvalue weighted by molar-refractivity contribution is 6.05. The number of hydrogen-bond donors (Lipinski definition) is 0. The zero-order chi connectivity index (χ0) is 76.2. The second kappa shape index (κ2) is 38.6. The van der Waals surface area contributed by atoms with Crippen molar-refractivity contribution in [2.45, 2.75) is 0 Å². The van der Waals surface area contributed by atoms with Crippen molar-refractivity contribution in [2.24, 2.45) is 0 Å². The Morgan fingerprint density at radius 2 is 0.287 bits per heavy atom. The molecule has 0 radical (unpaired) electrons. The zero-order valence-corrected chi connectivity index (χ0v) is 57.1. The van der Waals surface area contributed by atoms with E-state index in [9.17, 15) is 0 Å². The molecule has 13 rings (SSSR count). The molecule has 0 saturated carbocycles. The summed E-state index contributed by atoms with van der Waals surface area (Å²) in [5, 5.41) is 106. The largest absolute Gasteiger partial charge is 0.192 e. The fourth-order valence-electron chi connectivity index (χ4n) is 10.8. The maximum Gasteiger partial charge on any atom is 0.136 e. The summed E-state index contributed by atoms with van der Waals surface area (Å²) in [4.78, 5) is 0. The highest BCUT2D eigenvalue weighted by atomic mass is 14.3. The van der Waals surface area contributed by atoms with Crippen molar-refractivity contribution in [3.63, 3.8) is 0 Å². The van der Waals surface area contributed by atoms with Crippen molar-refractivity contribution in [2.75, 3.05) is 0 Å². The first kappa shape index (κ1) is 74.5. The SMILES string of the molecule is C(#Cc1ccccc1)C(C#Cc1ccccc1)=C1c2ccccc2-c2ccccc21.C(#Cc1ccccc1)C(C#Cc1ccccc1)=C1c2ccccc2-c2ccccc21.N#CC(C#N)=c1ccc(=C(C#N)C#N)cc1.N#CC(C#N)=c1ccc(=C(C#N)C#N)cc1.N#CC(C#N)=c1ccc(=C(C#N)C#N)cc1. The minimum Gasteiger partial charge on any atom is -0.192 e. The van der Waals surface area contributed by atoms with Crippen LogP contribution in [0.5, 0.6) is 0 Å². The van der Waals surface area contributed by atoms with Gasteiger partial charge in [0.25, 0.3) is 0 Å². The third-order valence-corrected chi connectivity index (χ3v) is 16.0. The summed E-state index contributed by atoms with van der Waals surface area (Å²) in [7, 11) is 0. The Kier molecular flexibility index (Phi) is 26.6. The highest BCUT2D eigenvalue weighted by Crippen LogP contribution is 2.46. The minimum absolute atomic E-state index is 0.00187. The minimum atomic E-state index is 0.00187. The van der Waals surface area contributed by atoms with E-state index in [-0.39, 0.29) is 33.4 Å². The van der Waals surface area contributed by atoms with E-state index < -0.39 is 0 Å². The first-order valence-electron chi connectivity index (χ1n) is 32.6. The molecule has 0 heterocycles. The van der Waals surface area contributed by atoms with Crippen LogP contribution >= 0.6 is 0 Å². The van der Waals surface area contributed by atoms with E-state index in [1.54, 1.807) is 72.8 Å². The van der Waals surface area contributed by atoms with E-state index in [4.69, 9.17) is 63.1 Å². The Labute approximate surface area is 624 Å². The molecule has 108 heavy (non-hydrogen) atoms. The summed E-state index contributed by atoms with van der Waals surface area (Å²) in [6.07, 6.45) is 0. The quantitative estimate of drug-likeness (QED) is 0.128. The third kappa shape index (κ3) is 19.0. The summed E-state index contributed by atoms with van der Waals surface area (Å²) in [5.74, 6) is 26.8. The van der Waals surface area contributed by atoms with Gasteiger partial charge in [-0.3, -0.25) is 0 Å². The van der Waals surface area contributed by atoms with Crippen molar-refractivity contribution in [3.8, 4) is 142 Å². The lowest BCUT2D eigenvalue weighted by Gasteiger charge is -2.04. The second-order valence-electron chi connectivity index (χ2n) is 22.5. The predicted molar refractivity (Wildman–Crippen MR) is 414 cm³/mol. The Morgan fingerprint density at radius 3 is 0.435 bits per heavy atom. The first-order valence-corrected chi connectivity index (χ1v) is 32.6. The van der Waals surface area contributed by atoms with Gasteiger partial charge in [0, 0.05) is 64.7 Å². The van der Waals surface area contributed by atoms with E-state index in [0.717, 1.165) is 44.5 Å². The average Bonchev–Trinajstić information content (AvgIpc) is 1.61. The van der Waals surface area contributed by atoms with Crippen molar-refractivity contribution < 1.29 is 0 Å². The van der Waals surface area contributed by atoms with Gasteiger partial charge in [0.05, 0.1) is 11.1 Å². The molecule has 0 aromatic heterocycles. The topological polar surface area (TPSA) is 285 Å². The van der Waals surface area contributed by atoms with E-state index in [1.807, 2.05) is 121 Å². The Morgan fingerprint density at radius 1 is 0.148 bits per heavy atom. The van der Waals surface area contributed by atoms with Gasteiger partial charge in [-0.2, -0.15) is 63.1 Å². The lowest BCUT2D eigenvalue weighted by Crippen LogP contribution is -2.11. The summed E-state index contributed by atoms with van der Waals surface area (Å²) in [5.41, 5.74) is 17.6. The summed E-state index contributed by atoms with van der Waals surface area (Å²) < 4.78 is 0. The van der Waals surface area contributed by atoms with E-state index in [2.05, 4.69) is 144 Å². The van der Waals surface area contributed by atoms with Gasteiger partial charge in [0.15, 0.2) is 0 Å². The number of rotatable bonds is 0. The van der Waals surface area contributed by atoms with E-state index >= 15 is 0 Å². The number of hydrogen-bond acceptors (Lipinski definition) is 12. The molecule has 0 amide bonds. The smallest absolute Gasteiger partial charge is 0.136 e. The molecule has 0 N–H and O–H groups in total. The van der Waals surface area contributed by atoms with Crippen LogP contribution in [0.3, 0.4) is 0 Å². The second-order valence-corrected chi connectivity index (χ2v) is 22.5. The molecule has 11 aromatic carbocycles. The lowest BCUT2D eigenvalue weighted by atomic mass is 9.98. The molecule has 492 valence electrons. The Balaban J connectivity index is 0.000000162. The molecule has 0 unspecified atom stereocenters.